The summed E-state index contributed by atoms with van der Waals surface area (Å²) >= 11 is 0. The third kappa shape index (κ3) is 3.98. The molecule has 0 radical (unpaired) electrons. The Morgan fingerprint density at radius 1 is 1.39 bits per heavy atom. The summed E-state index contributed by atoms with van der Waals surface area (Å²) in [4.78, 5) is 4.18. The third-order valence-electron chi connectivity index (χ3n) is 3.51. The fraction of sp³-hybridized carbons (Fsp3) is 0.667. The van der Waals surface area contributed by atoms with Crippen molar-refractivity contribution in [3.63, 3.8) is 0 Å². The molecule has 100 valence electrons. The van der Waals surface area contributed by atoms with Crippen LogP contribution in [-0.2, 0) is 6.54 Å². The van der Waals surface area contributed by atoms with Crippen LogP contribution in [0.4, 0.5) is 0 Å². The third-order valence-corrected chi connectivity index (χ3v) is 3.51. The van der Waals surface area contributed by atoms with Crippen molar-refractivity contribution < 1.29 is 4.74 Å². The minimum Gasteiger partial charge on any atom is -0.493 e. The van der Waals surface area contributed by atoms with Gasteiger partial charge in [-0.2, -0.15) is 0 Å². The maximum Gasteiger partial charge on any atom is 0.126 e. The van der Waals surface area contributed by atoms with E-state index in [4.69, 9.17) is 4.74 Å². The zero-order valence-electron chi connectivity index (χ0n) is 11.5. The molecule has 1 fully saturated rings. The molecule has 18 heavy (non-hydrogen) atoms. The lowest BCUT2D eigenvalue weighted by atomic mass is 10.1. The van der Waals surface area contributed by atoms with E-state index in [0.717, 1.165) is 30.4 Å². The van der Waals surface area contributed by atoms with Crippen LogP contribution < -0.4 is 10.1 Å². The van der Waals surface area contributed by atoms with Crippen molar-refractivity contribution in [2.24, 2.45) is 5.92 Å². The highest BCUT2D eigenvalue weighted by atomic mass is 16.5. The summed E-state index contributed by atoms with van der Waals surface area (Å²) < 4.78 is 5.97. The van der Waals surface area contributed by atoms with Gasteiger partial charge in [0, 0.05) is 30.5 Å². The molecule has 1 saturated carbocycles. The predicted molar refractivity (Wildman–Crippen MR) is 73.7 cm³/mol. The van der Waals surface area contributed by atoms with Gasteiger partial charge >= 0.3 is 0 Å². The molecular weight excluding hydrogens is 224 g/mol. The van der Waals surface area contributed by atoms with Gasteiger partial charge in [-0.1, -0.05) is 26.7 Å². The fourth-order valence-corrected chi connectivity index (χ4v) is 2.39. The number of rotatable bonds is 6. The lowest BCUT2D eigenvalue weighted by Gasteiger charge is -2.15. The molecule has 0 bridgehead atoms. The molecular formula is C15H24N2O. The maximum atomic E-state index is 5.97. The first kappa shape index (κ1) is 13.3. The van der Waals surface area contributed by atoms with Crippen LogP contribution in [0, 0.1) is 5.92 Å². The van der Waals surface area contributed by atoms with Gasteiger partial charge in [0.05, 0.1) is 6.61 Å². The van der Waals surface area contributed by atoms with Crippen molar-refractivity contribution in [2.45, 2.75) is 52.1 Å². The monoisotopic (exact) mass is 248 g/mol. The van der Waals surface area contributed by atoms with E-state index < -0.39 is 0 Å². The Labute approximate surface area is 110 Å². The molecule has 1 aromatic rings. The molecule has 2 rings (SSSR count). The predicted octanol–water partition coefficient (Wildman–Crippen LogP) is 3.15. The molecule has 1 N–H and O–H groups in total. The molecule has 1 aliphatic carbocycles. The van der Waals surface area contributed by atoms with E-state index in [9.17, 15) is 0 Å². The van der Waals surface area contributed by atoms with Gasteiger partial charge in [-0.15, -0.1) is 0 Å². The highest BCUT2D eigenvalue weighted by molar-refractivity contribution is 5.30. The number of nitrogens with zero attached hydrogens (tertiary/aromatic N) is 1. The normalized spacial score (nSPS) is 16.4. The van der Waals surface area contributed by atoms with Gasteiger partial charge in [0.15, 0.2) is 0 Å². The van der Waals surface area contributed by atoms with E-state index >= 15 is 0 Å². The minimum absolute atomic E-state index is 0.480. The van der Waals surface area contributed by atoms with Gasteiger partial charge < -0.3 is 10.1 Å². The molecule has 3 nitrogen and oxygen atoms in total. The second-order valence-corrected chi connectivity index (χ2v) is 5.48. The van der Waals surface area contributed by atoms with Crippen LogP contribution in [-0.4, -0.2) is 17.6 Å². The number of nitrogens with one attached hydrogen (secondary N) is 1. The molecule has 1 aromatic heterocycles. The second kappa shape index (κ2) is 6.74. The number of pyridine rings is 1. The van der Waals surface area contributed by atoms with Crippen molar-refractivity contribution in [3.8, 4) is 5.75 Å². The van der Waals surface area contributed by atoms with Crippen molar-refractivity contribution in [3.05, 3.63) is 24.0 Å². The number of hydrogen-bond donors (Lipinski definition) is 1. The van der Waals surface area contributed by atoms with E-state index in [2.05, 4.69) is 24.1 Å². The molecule has 1 aliphatic rings. The number of ether oxygens (including phenoxy) is 1. The van der Waals surface area contributed by atoms with E-state index in [1.165, 1.54) is 25.7 Å². The summed E-state index contributed by atoms with van der Waals surface area (Å²) in [7, 11) is 0. The summed E-state index contributed by atoms with van der Waals surface area (Å²) in [6, 6.07) is 2.46. The summed E-state index contributed by atoms with van der Waals surface area (Å²) in [6.07, 6.45) is 9.09. The van der Waals surface area contributed by atoms with Gasteiger partial charge in [-0.3, -0.25) is 4.98 Å². The average Bonchev–Trinajstić information content (AvgIpc) is 2.88. The zero-order chi connectivity index (χ0) is 12.8. The van der Waals surface area contributed by atoms with Crippen LogP contribution in [0.3, 0.4) is 0 Å². The van der Waals surface area contributed by atoms with Crippen LogP contribution in [0.25, 0.3) is 0 Å². The largest absolute Gasteiger partial charge is 0.493 e. The molecule has 0 atom stereocenters. The van der Waals surface area contributed by atoms with Crippen LogP contribution in [0.1, 0.15) is 45.1 Å². The maximum absolute atomic E-state index is 5.97. The molecule has 0 aliphatic heterocycles. The quantitative estimate of drug-likeness (QED) is 0.839. The van der Waals surface area contributed by atoms with Gasteiger partial charge in [-0.05, 0) is 24.8 Å². The average molecular weight is 248 g/mol. The standard InChI is InChI=1S/C15H24N2O/c1-12(2)17-10-14-9-16-8-7-15(14)18-11-13-5-3-4-6-13/h7-9,12-13,17H,3-6,10-11H2,1-2H3. The molecule has 0 unspecified atom stereocenters. The van der Waals surface area contributed by atoms with Crippen LogP contribution in [0.2, 0.25) is 0 Å². The number of hydrogen-bond acceptors (Lipinski definition) is 3. The Bertz CT molecular complexity index is 359. The first-order chi connectivity index (χ1) is 8.75. The van der Waals surface area contributed by atoms with Gasteiger partial charge in [0.2, 0.25) is 0 Å². The summed E-state index contributed by atoms with van der Waals surface area (Å²) in [5.41, 5.74) is 1.16. The fourth-order valence-electron chi connectivity index (χ4n) is 2.39. The van der Waals surface area contributed by atoms with Crippen LogP contribution in [0.15, 0.2) is 18.5 Å². The Kier molecular flexibility index (Phi) is 5.00. The van der Waals surface area contributed by atoms with Crippen molar-refractivity contribution in [1.29, 1.82) is 0 Å². The Morgan fingerprint density at radius 2 is 2.17 bits per heavy atom. The van der Waals surface area contributed by atoms with E-state index in [0.29, 0.717) is 6.04 Å². The molecule has 0 aromatic carbocycles. The van der Waals surface area contributed by atoms with Gasteiger partial charge in [0.1, 0.15) is 5.75 Å². The lowest BCUT2D eigenvalue weighted by Crippen LogP contribution is -2.22. The van der Waals surface area contributed by atoms with E-state index in [1.54, 1.807) is 0 Å². The highest BCUT2D eigenvalue weighted by Crippen LogP contribution is 2.26. The first-order valence-electron chi connectivity index (χ1n) is 7.05. The lowest BCUT2D eigenvalue weighted by molar-refractivity contribution is 0.249. The summed E-state index contributed by atoms with van der Waals surface area (Å²) in [6.45, 7) is 5.98. The summed E-state index contributed by atoms with van der Waals surface area (Å²) in [5.74, 6) is 1.74. The van der Waals surface area contributed by atoms with Crippen molar-refractivity contribution in [1.82, 2.24) is 10.3 Å². The molecule has 0 saturated heterocycles. The first-order valence-corrected chi connectivity index (χ1v) is 7.05. The zero-order valence-corrected chi connectivity index (χ0v) is 11.5. The second-order valence-electron chi connectivity index (χ2n) is 5.48. The number of aromatic nitrogens is 1. The van der Waals surface area contributed by atoms with Crippen LogP contribution >= 0.6 is 0 Å². The van der Waals surface area contributed by atoms with Crippen LogP contribution in [0.5, 0.6) is 5.75 Å². The molecule has 1 heterocycles. The van der Waals surface area contributed by atoms with Gasteiger partial charge in [0.25, 0.3) is 0 Å². The highest BCUT2D eigenvalue weighted by Gasteiger charge is 2.16. The Balaban J connectivity index is 1.89. The smallest absolute Gasteiger partial charge is 0.126 e. The molecule has 0 spiro atoms. The molecule has 3 heteroatoms. The van der Waals surface area contributed by atoms with Gasteiger partial charge in [-0.25, -0.2) is 0 Å². The van der Waals surface area contributed by atoms with E-state index in [1.807, 2.05) is 18.5 Å². The Morgan fingerprint density at radius 3 is 2.89 bits per heavy atom. The summed E-state index contributed by atoms with van der Waals surface area (Å²) in [5, 5.41) is 3.41. The van der Waals surface area contributed by atoms with Crippen molar-refractivity contribution >= 4 is 0 Å². The topological polar surface area (TPSA) is 34.2 Å². The minimum atomic E-state index is 0.480. The molecule has 0 amide bonds. The SMILES string of the molecule is CC(C)NCc1cnccc1OCC1CCCC1. The van der Waals surface area contributed by atoms with Crippen molar-refractivity contribution in [2.75, 3.05) is 6.61 Å². The Hall–Kier alpha value is -1.09. The van der Waals surface area contributed by atoms with E-state index in [-0.39, 0.29) is 0 Å².